The van der Waals surface area contributed by atoms with Crippen molar-refractivity contribution in [2.45, 2.75) is 19.0 Å². The van der Waals surface area contributed by atoms with Crippen LogP contribution in [0.1, 0.15) is 11.1 Å². The number of likely N-dealkylation sites (N-methyl/N-ethyl adjacent to an activating group) is 1. The van der Waals surface area contributed by atoms with Crippen LogP contribution in [-0.2, 0) is 22.6 Å². The third-order valence-corrected chi connectivity index (χ3v) is 4.42. The van der Waals surface area contributed by atoms with Crippen molar-refractivity contribution < 1.29 is 14.7 Å². The van der Waals surface area contributed by atoms with E-state index in [1.807, 2.05) is 66.5 Å². The van der Waals surface area contributed by atoms with E-state index in [0.29, 0.717) is 13.0 Å². The highest BCUT2D eigenvalue weighted by molar-refractivity contribution is 5.87. The molecule has 0 unspecified atom stereocenters. The lowest BCUT2D eigenvalue weighted by Gasteiger charge is -2.35. The van der Waals surface area contributed by atoms with E-state index >= 15 is 0 Å². The minimum atomic E-state index is -0.958. The van der Waals surface area contributed by atoms with E-state index < -0.39 is 12.0 Å². The van der Waals surface area contributed by atoms with E-state index in [0.717, 1.165) is 16.8 Å². The summed E-state index contributed by atoms with van der Waals surface area (Å²) in [5, 5.41) is 9.53. The van der Waals surface area contributed by atoms with Crippen molar-refractivity contribution in [3.8, 4) is 0 Å². The van der Waals surface area contributed by atoms with E-state index in [1.54, 1.807) is 0 Å². The lowest BCUT2D eigenvalue weighted by Crippen LogP contribution is -2.51. The summed E-state index contributed by atoms with van der Waals surface area (Å²) in [4.78, 5) is 27.7. The molecule has 1 amide bonds. The lowest BCUT2D eigenvalue weighted by atomic mass is 9.94. The van der Waals surface area contributed by atoms with Gasteiger partial charge in [-0.3, -0.25) is 4.79 Å². The maximum Gasteiger partial charge on any atom is 0.326 e. The van der Waals surface area contributed by atoms with Crippen LogP contribution in [0.25, 0.3) is 0 Å². The summed E-state index contributed by atoms with van der Waals surface area (Å²) >= 11 is 0. The van der Waals surface area contributed by atoms with Crippen molar-refractivity contribution in [3.63, 3.8) is 0 Å². The Morgan fingerprint density at radius 3 is 2.38 bits per heavy atom. The number of aliphatic carboxylic acids is 1. The zero-order valence-corrected chi connectivity index (χ0v) is 13.6. The summed E-state index contributed by atoms with van der Waals surface area (Å²) in [5.74, 6) is -1.14. The molecule has 124 valence electrons. The van der Waals surface area contributed by atoms with E-state index in [9.17, 15) is 14.7 Å². The Morgan fingerprint density at radius 1 is 1.08 bits per heavy atom. The monoisotopic (exact) mass is 324 g/mol. The van der Waals surface area contributed by atoms with Crippen molar-refractivity contribution in [3.05, 3.63) is 65.7 Å². The van der Waals surface area contributed by atoms with E-state index in [2.05, 4.69) is 0 Å². The van der Waals surface area contributed by atoms with Crippen LogP contribution in [0.4, 0.5) is 5.69 Å². The van der Waals surface area contributed by atoms with Gasteiger partial charge in [0.25, 0.3) is 0 Å². The number of fused-ring (bicyclic) bond motifs is 1. The number of carbonyl (C=O) groups is 2. The van der Waals surface area contributed by atoms with Crippen LogP contribution in [0.3, 0.4) is 0 Å². The average Bonchev–Trinajstić information content (AvgIpc) is 2.61. The van der Waals surface area contributed by atoms with Gasteiger partial charge in [0, 0.05) is 25.7 Å². The van der Waals surface area contributed by atoms with Crippen LogP contribution in [-0.4, -0.2) is 41.5 Å². The number of hydrogen-bond donors (Lipinski definition) is 1. The Morgan fingerprint density at radius 2 is 1.71 bits per heavy atom. The molecule has 1 atom stereocenters. The topological polar surface area (TPSA) is 60.9 Å². The molecule has 0 aliphatic carbocycles. The highest BCUT2D eigenvalue weighted by atomic mass is 16.4. The number of amides is 1. The summed E-state index contributed by atoms with van der Waals surface area (Å²) in [6.07, 6.45) is 0.353. The molecule has 0 saturated carbocycles. The molecule has 1 N–H and O–H groups in total. The van der Waals surface area contributed by atoms with Crippen LogP contribution in [0, 0.1) is 0 Å². The number of carboxylic acids is 1. The molecule has 0 bridgehead atoms. The molecule has 0 aromatic heterocycles. The molecule has 24 heavy (non-hydrogen) atoms. The van der Waals surface area contributed by atoms with Crippen LogP contribution < -0.4 is 4.90 Å². The first-order chi connectivity index (χ1) is 11.6. The highest BCUT2D eigenvalue weighted by Gasteiger charge is 2.34. The Bertz CT molecular complexity index is 745. The molecule has 0 spiro atoms. The zero-order chi connectivity index (χ0) is 17.1. The fourth-order valence-electron chi connectivity index (χ4n) is 3.07. The molecule has 0 saturated heterocycles. The van der Waals surface area contributed by atoms with Gasteiger partial charge in [-0.1, -0.05) is 42.5 Å². The molecule has 2 aromatic rings. The number of rotatable bonds is 4. The van der Waals surface area contributed by atoms with E-state index in [-0.39, 0.29) is 12.5 Å². The average molecular weight is 324 g/mol. The molecule has 1 heterocycles. The molecule has 5 heteroatoms. The minimum Gasteiger partial charge on any atom is -0.480 e. The first-order valence-electron chi connectivity index (χ1n) is 7.91. The molecule has 3 rings (SSSR count). The van der Waals surface area contributed by atoms with Crippen molar-refractivity contribution in [2.24, 2.45) is 0 Å². The Labute approximate surface area is 141 Å². The standard InChI is InChI=1S/C19H20N2O3/c1-20(16-9-3-2-4-10-16)13-18(22)21-12-15-8-6-5-7-14(15)11-17(21)19(23)24/h2-10,17H,11-13H2,1H3,(H,23,24)/t17-/m0/s1. The van der Waals surface area contributed by atoms with E-state index in [1.165, 1.54) is 4.90 Å². The van der Waals surface area contributed by atoms with Crippen molar-refractivity contribution in [2.75, 3.05) is 18.5 Å². The maximum atomic E-state index is 12.7. The summed E-state index contributed by atoms with van der Waals surface area (Å²) < 4.78 is 0. The first kappa shape index (κ1) is 16.1. The second-order valence-electron chi connectivity index (χ2n) is 6.04. The second-order valence-corrected chi connectivity index (χ2v) is 6.04. The quantitative estimate of drug-likeness (QED) is 0.936. The third kappa shape index (κ3) is 3.25. The molecular formula is C19H20N2O3. The van der Waals surface area contributed by atoms with Gasteiger partial charge in [0.2, 0.25) is 5.91 Å². The smallest absolute Gasteiger partial charge is 0.326 e. The number of benzene rings is 2. The number of anilines is 1. The molecular weight excluding hydrogens is 304 g/mol. The molecule has 0 radical (unpaired) electrons. The third-order valence-electron chi connectivity index (χ3n) is 4.42. The van der Waals surface area contributed by atoms with Crippen LogP contribution >= 0.6 is 0 Å². The first-order valence-corrected chi connectivity index (χ1v) is 7.91. The summed E-state index contributed by atoms with van der Waals surface area (Å²) in [6.45, 7) is 0.491. The number of nitrogens with zero attached hydrogens (tertiary/aromatic N) is 2. The van der Waals surface area contributed by atoms with Gasteiger partial charge in [-0.05, 0) is 23.3 Å². The van der Waals surface area contributed by atoms with Gasteiger partial charge < -0.3 is 14.9 Å². The number of hydrogen-bond acceptors (Lipinski definition) is 3. The van der Waals surface area contributed by atoms with E-state index in [4.69, 9.17) is 0 Å². The summed E-state index contributed by atoms with van der Waals surface area (Å²) in [5.41, 5.74) is 2.95. The van der Waals surface area contributed by atoms with Crippen LogP contribution in [0.5, 0.6) is 0 Å². The predicted octanol–water partition coefficient (Wildman–Crippen LogP) is 2.16. The van der Waals surface area contributed by atoms with Crippen molar-refractivity contribution in [1.82, 2.24) is 4.90 Å². The predicted molar refractivity (Wildman–Crippen MR) is 91.8 cm³/mol. The van der Waals surface area contributed by atoms with Crippen LogP contribution in [0.2, 0.25) is 0 Å². The van der Waals surface area contributed by atoms with Crippen molar-refractivity contribution in [1.29, 1.82) is 0 Å². The SMILES string of the molecule is CN(CC(=O)N1Cc2ccccc2C[C@H]1C(=O)O)c1ccccc1. The molecule has 2 aromatic carbocycles. The number of para-hydroxylation sites is 1. The molecule has 5 nitrogen and oxygen atoms in total. The number of carboxylic acid groups (broad SMARTS) is 1. The van der Waals surface area contributed by atoms with Crippen molar-refractivity contribution >= 4 is 17.6 Å². The van der Waals surface area contributed by atoms with Gasteiger partial charge in [0.05, 0.1) is 6.54 Å². The van der Waals surface area contributed by atoms with Gasteiger partial charge >= 0.3 is 5.97 Å². The fraction of sp³-hybridized carbons (Fsp3) is 0.263. The Kier molecular flexibility index (Phi) is 4.51. The minimum absolute atomic E-state index is 0.149. The lowest BCUT2D eigenvalue weighted by molar-refractivity contribution is -0.150. The van der Waals surface area contributed by atoms with Gasteiger partial charge in [-0.15, -0.1) is 0 Å². The highest BCUT2D eigenvalue weighted by Crippen LogP contribution is 2.24. The van der Waals surface area contributed by atoms with Gasteiger partial charge in [0.1, 0.15) is 6.04 Å². The van der Waals surface area contributed by atoms with Gasteiger partial charge in [0.15, 0.2) is 0 Å². The largest absolute Gasteiger partial charge is 0.480 e. The zero-order valence-electron chi connectivity index (χ0n) is 13.6. The summed E-state index contributed by atoms with van der Waals surface area (Å²) in [7, 11) is 1.83. The Hall–Kier alpha value is -2.82. The number of carbonyl (C=O) groups excluding carboxylic acids is 1. The fourth-order valence-corrected chi connectivity index (χ4v) is 3.07. The maximum absolute atomic E-state index is 12.7. The normalized spacial score (nSPS) is 16.4. The second kappa shape index (κ2) is 6.74. The Balaban J connectivity index is 1.78. The molecule has 1 aliphatic rings. The molecule has 0 fully saturated rings. The molecule has 1 aliphatic heterocycles. The van der Waals surface area contributed by atoms with Gasteiger partial charge in [-0.25, -0.2) is 4.79 Å². The van der Waals surface area contributed by atoms with Crippen LogP contribution in [0.15, 0.2) is 54.6 Å². The van der Waals surface area contributed by atoms with Gasteiger partial charge in [-0.2, -0.15) is 0 Å². The summed E-state index contributed by atoms with van der Waals surface area (Å²) in [6, 6.07) is 16.5.